The fourth-order valence-corrected chi connectivity index (χ4v) is 3.29. The lowest BCUT2D eigenvalue weighted by atomic mass is 10.2. The number of hydrazone groups is 1. The predicted molar refractivity (Wildman–Crippen MR) is 108 cm³/mol. The number of nitrogen functional groups attached to an aromatic ring is 1. The van der Waals surface area contributed by atoms with Crippen molar-refractivity contribution in [3.05, 3.63) is 35.2 Å². The average Bonchev–Trinajstić information content (AvgIpc) is 3.50. The number of nitrogens with one attached hydrogen (secondary N) is 1. The van der Waals surface area contributed by atoms with Gasteiger partial charge >= 0.3 is 0 Å². The second-order valence-electron chi connectivity index (χ2n) is 6.88. The van der Waals surface area contributed by atoms with Gasteiger partial charge in [0.2, 0.25) is 11.6 Å². The van der Waals surface area contributed by atoms with Crippen LogP contribution in [0.15, 0.2) is 27.9 Å². The molecule has 0 aliphatic carbocycles. The zero-order chi connectivity index (χ0) is 21.8. The van der Waals surface area contributed by atoms with Crippen molar-refractivity contribution in [2.75, 3.05) is 25.9 Å². The van der Waals surface area contributed by atoms with Crippen molar-refractivity contribution in [3.8, 4) is 17.3 Å². The third-order valence-electron chi connectivity index (χ3n) is 4.81. The summed E-state index contributed by atoms with van der Waals surface area (Å²) >= 11 is 0. The fourth-order valence-electron chi connectivity index (χ4n) is 3.29. The first-order valence-electron chi connectivity index (χ1n) is 9.52. The van der Waals surface area contributed by atoms with Crippen LogP contribution in [0.3, 0.4) is 0 Å². The number of anilines is 1. The van der Waals surface area contributed by atoms with Crippen molar-refractivity contribution < 1.29 is 19.3 Å². The minimum atomic E-state index is -0.560. The largest absolute Gasteiger partial charge is 0.504 e. The number of methoxy groups -OCH3 is 1. The van der Waals surface area contributed by atoms with E-state index < -0.39 is 5.91 Å². The number of aromatic nitrogens is 5. The number of ether oxygens (including phenoxy) is 1. The SMILES string of the molecule is COc1ccc(C=NNC(=O)c2c(CN3CCCC3)nnn2-c2nonc2N)cc1O. The first-order chi connectivity index (χ1) is 15.1. The highest BCUT2D eigenvalue weighted by Gasteiger charge is 2.26. The Balaban J connectivity index is 1.57. The van der Waals surface area contributed by atoms with E-state index in [1.165, 1.54) is 24.1 Å². The summed E-state index contributed by atoms with van der Waals surface area (Å²) in [5.74, 6) is -0.225. The van der Waals surface area contributed by atoms with E-state index in [0.717, 1.165) is 25.9 Å². The standard InChI is InChI=1S/C18H21N9O4/c1-30-14-5-4-11(8-13(14)28)9-20-22-18(29)15-12(10-26-6-2-3-7-26)21-25-27(15)17-16(19)23-31-24-17/h4-5,8-9,28H,2-3,6-7,10H2,1H3,(H2,19,23)(H,22,29). The third-order valence-corrected chi connectivity index (χ3v) is 4.81. The number of aromatic hydroxyl groups is 1. The number of phenolic OH excluding ortho intramolecular Hbond substituents is 1. The van der Waals surface area contributed by atoms with E-state index >= 15 is 0 Å². The number of hydrogen-bond acceptors (Lipinski definition) is 11. The number of hydrogen-bond donors (Lipinski definition) is 3. The van der Waals surface area contributed by atoms with Gasteiger partial charge in [0.15, 0.2) is 17.2 Å². The molecule has 0 bridgehead atoms. The number of amides is 1. The average molecular weight is 427 g/mol. The fraction of sp³-hybridized carbons (Fsp3) is 0.333. The number of nitrogens with zero attached hydrogens (tertiary/aromatic N) is 7. The highest BCUT2D eigenvalue weighted by Crippen LogP contribution is 2.25. The maximum absolute atomic E-state index is 13.0. The second-order valence-corrected chi connectivity index (χ2v) is 6.88. The molecule has 4 rings (SSSR count). The Bertz CT molecular complexity index is 1100. The smallest absolute Gasteiger partial charge is 0.292 e. The van der Waals surface area contributed by atoms with Crippen molar-refractivity contribution in [1.82, 2.24) is 35.6 Å². The summed E-state index contributed by atoms with van der Waals surface area (Å²) < 4.78 is 10.8. The number of phenols is 1. The molecule has 0 saturated carbocycles. The van der Waals surface area contributed by atoms with Crippen LogP contribution >= 0.6 is 0 Å². The molecule has 0 radical (unpaired) electrons. The monoisotopic (exact) mass is 427 g/mol. The van der Waals surface area contributed by atoms with Crippen LogP contribution in [-0.4, -0.2) is 67.6 Å². The van der Waals surface area contributed by atoms with E-state index in [1.807, 2.05) is 0 Å². The number of likely N-dealkylation sites (tertiary alicyclic amines) is 1. The lowest BCUT2D eigenvalue weighted by Crippen LogP contribution is -2.26. The molecular weight excluding hydrogens is 406 g/mol. The topological polar surface area (TPSA) is 170 Å². The van der Waals surface area contributed by atoms with E-state index in [2.05, 4.69) is 40.7 Å². The van der Waals surface area contributed by atoms with Gasteiger partial charge in [0.25, 0.3) is 5.91 Å². The number of rotatable bonds is 7. The van der Waals surface area contributed by atoms with Crippen LogP contribution < -0.4 is 15.9 Å². The van der Waals surface area contributed by atoms with Crippen LogP contribution in [0.25, 0.3) is 5.82 Å². The van der Waals surface area contributed by atoms with Gasteiger partial charge in [-0.15, -0.1) is 5.10 Å². The molecule has 4 N–H and O–H groups in total. The van der Waals surface area contributed by atoms with Crippen molar-refractivity contribution in [3.63, 3.8) is 0 Å². The molecule has 1 fully saturated rings. The van der Waals surface area contributed by atoms with E-state index in [0.29, 0.717) is 23.6 Å². The Morgan fingerprint density at radius 1 is 1.39 bits per heavy atom. The first-order valence-corrected chi connectivity index (χ1v) is 9.52. The molecule has 0 unspecified atom stereocenters. The van der Waals surface area contributed by atoms with Crippen LogP contribution in [0, 0.1) is 0 Å². The third kappa shape index (κ3) is 4.30. The molecule has 3 aromatic rings. The van der Waals surface area contributed by atoms with Gasteiger partial charge < -0.3 is 15.6 Å². The highest BCUT2D eigenvalue weighted by atomic mass is 16.6. The Hall–Kier alpha value is -4.00. The van der Waals surface area contributed by atoms with E-state index in [1.54, 1.807) is 12.1 Å². The van der Waals surface area contributed by atoms with Crippen LogP contribution in [-0.2, 0) is 6.54 Å². The summed E-state index contributed by atoms with van der Waals surface area (Å²) in [5.41, 5.74) is 9.36. The number of benzene rings is 1. The molecule has 13 heteroatoms. The van der Waals surface area contributed by atoms with Crippen LogP contribution in [0.5, 0.6) is 11.5 Å². The quantitative estimate of drug-likeness (QED) is 0.352. The summed E-state index contributed by atoms with van der Waals surface area (Å²) in [5, 5.41) is 29.2. The molecule has 1 aromatic carbocycles. The van der Waals surface area contributed by atoms with E-state index in [9.17, 15) is 9.90 Å². The molecule has 1 aliphatic heterocycles. The first kappa shape index (κ1) is 20.3. The van der Waals surface area contributed by atoms with Gasteiger partial charge in [-0.05, 0) is 60.0 Å². The Morgan fingerprint density at radius 3 is 2.87 bits per heavy atom. The molecule has 3 heterocycles. The van der Waals surface area contributed by atoms with Gasteiger partial charge in [0, 0.05) is 6.54 Å². The van der Waals surface area contributed by atoms with E-state index in [4.69, 9.17) is 10.5 Å². The summed E-state index contributed by atoms with van der Waals surface area (Å²) in [7, 11) is 1.46. The molecule has 0 spiro atoms. The van der Waals surface area contributed by atoms with Crippen molar-refractivity contribution in [2.45, 2.75) is 19.4 Å². The van der Waals surface area contributed by atoms with Gasteiger partial charge in [0.05, 0.1) is 13.3 Å². The molecule has 1 saturated heterocycles. The van der Waals surface area contributed by atoms with Gasteiger partial charge in [-0.2, -0.15) is 9.78 Å². The van der Waals surface area contributed by atoms with Gasteiger partial charge in [-0.3, -0.25) is 9.69 Å². The van der Waals surface area contributed by atoms with Crippen LogP contribution in [0.4, 0.5) is 5.82 Å². The lowest BCUT2D eigenvalue weighted by Gasteiger charge is -2.13. The molecule has 2 aromatic heterocycles. The number of carbonyl (C=O) groups excluding carboxylic acids is 1. The summed E-state index contributed by atoms with van der Waals surface area (Å²) in [6, 6.07) is 4.73. The second kappa shape index (κ2) is 8.79. The zero-order valence-corrected chi connectivity index (χ0v) is 16.7. The maximum atomic E-state index is 13.0. The van der Waals surface area contributed by atoms with Crippen LogP contribution in [0.2, 0.25) is 0 Å². The molecular formula is C18H21N9O4. The zero-order valence-electron chi connectivity index (χ0n) is 16.7. The normalized spacial score (nSPS) is 14.4. The molecule has 0 atom stereocenters. The summed E-state index contributed by atoms with van der Waals surface area (Å²) in [6.45, 7) is 2.28. The molecule has 31 heavy (non-hydrogen) atoms. The summed E-state index contributed by atoms with van der Waals surface area (Å²) in [4.78, 5) is 15.1. The minimum absolute atomic E-state index is 0.0242. The molecule has 13 nitrogen and oxygen atoms in total. The van der Waals surface area contributed by atoms with E-state index in [-0.39, 0.29) is 23.1 Å². The number of nitrogens with two attached hydrogens (primary N) is 1. The molecule has 1 aliphatic rings. The Morgan fingerprint density at radius 2 is 2.19 bits per heavy atom. The lowest BCUT2D eigenvalue weighted by molar-refractivity contribution is 0.0945. The predicted octanol–water partition coefficient (Wildman–Crippen LogP) is 0.306. The summed E-state index contributed by atoms with van der Waals surface area (Å²) in [6.07, 6.45) is 3.57. The molecule has 1 amide bonds. The van der Waals surface area contributed by atoms with Gasteiger partial charge in [-0.1, -0.05) is 5.21 Å². The maximum Gasteiger partial charge on any atom is 0.292 e. The Labute approximate surface area is 176 Å². The van der Waals surface area contributed by atoms with Gasteiger partial charge in [0.1, 0.15) is 5.69 Å². The molecule has 162 valence electrons. The van der Waals surface area contributed by atoms with Crippen LogP contribution in [0.1, 0.15) is 34.6 Å². The minimum Gasteiger partial charge on any atom is -0.504 e. The highest BCUT2D eigenvalue weighted by molar-refractivity contribution is 5.95. The van der Waals surface area contributed by atoms with Crippen molar-refractivity contribution >= 4 is 17.9 Å². The van der Waals surface area contributed by atoms with Crippen molar-refractivity contribution in [1.29, 1.82) is 0 Å². The number of carbonyl (C=O) groups is 1. The van der Waals surface area contributed by atoms with Gasteiger partial charge in [-0.25, -0.2) is 10.1 Å². The Kier molecular flexibility index (Phi) is 5.75. The van der Waals surface area contributed by atoms with Crippen molar-refractivity contribution in [2.24, 2.45) is 5.10 Å².